The molecule has 0 unspecified atom stereocenters. The van der Waals surface area contributed by atoms with Gasteiger partial charge in [0.2, 0.25) is 0 Å². The van der Waals surface area contributed by atoms with Gasteiger partial charge in [0.1, 0.15) is 5.82 Å². The van der Waals surface area contributed by atoms with Crippen molar-refractivity contribution in [2.24, 2.45) is 0 Å². The van der Waals surface area contributed by atoms with Crippen molar-refractivity contribution in [1.82, 2.24) is 15.0 Å². The summed E-state index contributed by atoms with van der Waals surface area (Å²) in [4.78, 5) is 12.8. The lowest BCUT2D eigenvalue weighted by Gasteiger charge is -2.02. The number of nitrogens with zero attached hydrogens (tertiary/aromatic N) is 3. The summed E-state index contributed by atoms with van der Waals surface area (Å²) in [5.41, 5.74) is 2.94. The van der Waals surface area contributed by atoms with Crippen molar-refractivity contribution in [3.8, 4) is 0 Å². The number of pyridine rings is 1. The average Bonchev–Trinajstić information content (AvgIpc) is 2.22. The van der Waals surface area contributed by atoms with Gasteiger partial charge in [0, 0.05) is 17.3 Å². The van der Waals surface area contributed by atoms with E-state index in [9.17, 15) is 0 Å². The van der Waals surface area contributed by atoms with Crippen LogP contribution in [0.15, 0.2) is 12.3 Å². The SMILES string of the molecule is CC.Cc1cc2cnc(C)nc2c(C)n1. The molecule has 0 fully saturated rings. The van der Waals surface area contributed by atoms with Crippen molar-refractivity contribution in [3.63, 3.8) is 0 Å². The number of fused-ring (bicyclic) bond motifs is 1. The molecule has 0 aliphatic carbocycles. The van der Waals surface area contributed by atoms with E-state index in [0.29, 0.717) is 0 Å². The second kappa shape index (κ2) is 4.82. The highest BCUT2D eigenvalue weighted by Crippen LogP contribution is 2.14. The Morgan fingerprint density at radius 3 is 2.33 bits per heavy atom. The van der Waals surface area contributed by atoms with Crippen molar-refractivity contribution in [1.29, 1.82) is 0 Å². The lowest BCUT2D eigenvalue weighted by Crippen LogP contribution is -1.94. The van der Waals surface area contributed by atoms with Crippen molar-refractivity contribution in [3.05, 3.63) is 29.5 Å². The molecule has 80 valence electrons. The van der Waals surface area contributed by atoms with Gasteiger partial charge >= 0.3 is 0 Å². The maximum Gasteiger partial charge on any atom is 0.125 e. The Kier molecular flexibility index (Phi) is 3.72. The van der Waals surface area contributed by atoms with E-state index in [2.05, 4.69) is 15.0 Å². The third-order valence-corrected chi connectivity index (χ3v) is 1.99. The summed E-state index contributed by atoms with van der Waals surface area (Å²) in [6, 6.07) is 2.00. The van der Waals surface area contributed by atoms with Crippen molar-refractivity contribution >= 4 is 10.9 Å². The Morgan fingerprint density at radius 1 is 1.00 bits per heavy atom. The molecule has 0 N–H and O–H groups in total. The molecule has 0 bridgehead atoms. The minimum absolute atomic E-state index is 0.793. The lowest BCUT2D eigenvalue weighted by atomic mass is 10.2. The van der Waals surface area contributed by atoms with E-state index >= 15 is 0 Å². The smallest absolute Gasteiger partial charge is 0.125 e. The van der Waals surface area contributed by atoms with E-state index in [1.165, 1.54) is 0 Å². The summed E-state index contributed by atoms with van der Waals surface area (Å²) in [7, 11) is 0. The maximum atomic E-state index is 4.35. The van der Waals surface area contributed by atoms with Crippen molar-refractivity contribution < 1.29 is 0 Å². The quantitative estimate of drug-likeness (QED) is 0.660. The van der Waals surface area contributed by atoms with Crippen molar-refractivity contribution in [2.75, 3.05) is 0 Å². The molecular formula is C12H17N3. The second-order valence-corrected chi connectivity index (χ2v) is 3.20. The molecule has 2 aromatic heterocycles. The van der Waals surface area contributed by atoms with Crippen LogP contribution >= 0.6 is 0 Å². The summed E-state index contributed by atoms with van der Waals surface area (Å²) in [5, 5.41) is 1.07. The predicted molar refractivity (Wildman–Crippen MR) is 62.9 cm³/mol. The summed E-state index contributed by atoms with van der Waals surface area (Å²) in [5.74, 6) is 0.793. The number of aryl methyl sites for hydroxylation is 3. The van der Waals surface area contributed by atoms with Gasteiger partial charge in [0.15, 0.2) is 0 Å². The van der Waals surface area contributed by atoms with Crippen LogP contribution in [-0.2, 0) is 0 Å². The van der Waals surface area contributed by atoms with Crippen LogP contribution in [0.4, 0.5) is 0 Å². The van der Waals surface area contributed by atoms with Crippen LogP contribution in [0, 0.1) is 20.8 Å². The van der Waals surface area contributed by atoms with E-state index in [1.807, 2.05) is 46.9 Å². The Balaban J connectivity index is 0.000000531. The van der Waals surface area contributed by atoms with E-state index in [4.69, 9.17) is 0 Å². The van der Waals surface area contributed by atoms with E-state index in [0.717, 1.165) is 28.1 Å². The van der Waals surface area contributed by atoms with Gasteiger partial charge in [-0.3, -0.25) is 4.98 Å². The first kappa shape index (κ1) is 11.6. The van der Waals surface area contributed by atoms with Crippen LogP contribution in [0.5, 0.6) is 0 Å². The molecule has 0 aromatic carbocycles. The Bertz CT molecular complexity index is 464. The molecule has 2 heterocycles. The summed E-state index contributed by atoms with van der Waals surface area (Å²) in [6.07, 6.45) is 1.85. The molecule has 0 spiro atoms. The highest BCUT2D eigenvalue weighted by Gasteiger charge is 2.01. The zero-order chi connectivity index (χ0) is 11.4. The molecule has 0 saturated heterocycles. The number of hydrogen-bond donors (Lipinski definition) is 0. The van der Waals surface area contributed by atoms with Gasteiger partial charge in [-0.05, 0) is 26.8 Å². The Hall–Kier alpha value is -1.51. The molecule has 2 aromatic rings. The first-order valence-electron chi connectivity index (χ1n) is 5.24. The van der Waals surface area contributed by atoms with Crippen LogP contribution in [0.25, 0.3) is 10.9 Å². The predicted octanol–water partition coefficient (Wildman–Crippen LogP) is 2.98. The minimum Gasteiger partial charge on any atom is -0.256 e. The Morgan fingerprint density at radius 2 is 1.67 bits per heavy atom. The third kappa shape index (κ3) is 2.49. The summed E-state index contributed by atoms with van der Waals surface area (Å²) >= 11 is 0. The zero-order valence-corrected chi connectivity index (χ0v) is 10.00. The summed E-state index contributed by atoms with van der Waals surface area (Å²) < 4.78 is 0. The molecular weight excluding hydrogens is 186 g/mol. The molecule has 3 heteroatoms. The monoisotopic (exact) mass is 203 g/mol. The average molecular weight is 203 g/mol. The topological polar surface area (TPSA) is 38.7 Å². The van der Waals surface area contributed by atoms with Crippen LogP contribution in [0.2, 0.25) is 0 Å². The van der Waals surface area contributed by atoms with Gasteiger partial charge in [0.05, 0.1) is 11.2 Å². The maximum absolute atomic E-state index is 4.35. The van der Waals surface area contributed by atoms with Crippen LogP contribution in [0.1, 0.15) is 31.1 Å². The van der Waals surface area contributed by atoms with Gasteiger partial charge in [-0.2, -0.15) is 0 Å². The van der Waals surface area contributed by atoms with Crippen LogP contribution in [0.3, 0.4) is 0 Å². The molecule has 0 atom stereocenters. The van der Waals surface area contributed by atoms with Gasteiger partial charge in [-0.15, -0.1) is 0 Å². The van der Waals surface area contributed by atoms with E-state index in [1.54, 1.807) is 0 Å². The fraction of sp³-hybridized carbons (Fsp3) is 0.417. The molecule has 0 radical (unpaired) electrons. The normalized spacial score (nSPS) is 9.67. The number of hydrogen-bond acceptors (Lipinski definition) is 3. The molecule has 0 aliphatic rings. The van der Waals surface area contributed by atoms with Crippen molar-refractivity contribution in [2.45, 2.75) is 34.6 Å². The minimum atomic E-state index is 0.793. The molecule has 0 aliphatic heterocycles. The molecule has 2 rings (SSSR count). The third-order valence-electron chi connectivity index (χ3n) is 1.99. The fourth-order valence-electron chi connectivity index (χ4n) is 1.45. The van der Waals surface area contributed by atoms with Gasteiger partial charge in [-0.1, -0.05) is 13.8 Å². The molecule has 0 saturated carbocycles. The van der Waals surface area contributed by atoms with Crippen LogP contribution in [-0.4, -0.2) is 15.0 Å². The van der Waals surface area contributed by atoms with Gasteiger partial charge < -0.3 is 0 Å². The van der Waals surface area contributed by atoms with Gasteiger partial charge in [-0.25, -0.2) is 9.97 Å². The van der Waals surface area contributed by atoms with E-state index < -0.39 is 0 Å². The molecule has 15 heavy (non-hydrogen) atoms. The highest BCUT2D eigenvalue weighted by molar-refractivity contribution is 5.79. The standard InChI is InChI=1S/C10H11N3.C2H6/c1-6-4-9-5-11-8(3)13-10(9)7(2)12-6;1-2/h4-5H,1-3H3;1-2H3. The second-order valence-electron chi connectivity index (χ2n) is 3.20. The zero-order valence-electron chi connectivity index (χ0n) is 10.00. The Labute approximate surface area is 90.6 Å². The summed E-state index contributed by atoms with van der Waals surface area (Å²) in [6.45, 7) is 9.84. The van der Waals surface area contributed by atoms with Gasteiger partial charge in [0.25, 0.3) is 0 Å². The highest BCUT2D eigenvalue weighted by atomic mass is 14.9. The number of rotatable bonds is 0. The van der Waals surface area contributed by atoms with Crippen LogP contribution < -0.4 is 0 Å². The first-order chi connectivity index (χ1) is 7.16. The largest absolute Gasteiger partial charge is 0.256 e. The molecule has 3 nitrogen and oxygen atoms in total. The number of aromatic nitrogens is 3. The lowest BCUT2D eigenvalue weighted by molar-refractivity contribution is 1.06. The first-order valence-corrected chi connectivity index (χ1v) is 5.24. The van der Waals surface area contributed by atoms with E-state index in [-0.39, 0.29) is 0 Å². The molecule has 0 amide bonds. The fourth-order valence-corrected chi connectivity index (χ4v) is 1.45.